The maximum absolute atomic E-state index is 13.8. The quantitative estimate of drug-likeness (QED) is 0.283. The Morgan fingerprint density at radius 3 is 2.34 bits per heavy atom. The van der Waals surface area contributed by atoms with E-state index in [1.54, 1.807) is 12.1 Å². The molecule has 0 bridgehead atoms. The highest BCUT2D eigenvalue weighted by molar-refractivity contribution is 9.10. The summed E-state index contributed by atoms with van der Waals surface area (Å²) in [5.41, 5.74) is -0.436. The highest BCUT2D eigenvalue weighted by atomic mass is 79.9. The summed E-state index contributed by atoms with van der Waals surface area (Å²) in [4.78, 5) is 42.8. The standard InChI is InChI=1S/C33H42BrN3O6.ClH/c1-2-3-17-37-29(38)27(21-32(42)13-5-4-6-14-32)35-31(41)33(37)15-18-36(19-16-33)22-23-7-12-28(26(34)20-23)43-25-10-8-24(9-11-25)30(39)40;/h7-12,20,27,42H,2-6,13-19,21-22H2,1H3,(H,35,41)(H,39,40);1H/t27-;/m1./s1. The molecule has 2 heterocycles. The van der Waals surface area contributed by atoms with Gasteiger partial charge in [0.2, 0.25) is 11.8 Å². The van der Waals surface area contributed by atoms with Gasteiger partial charge < -0.3 is 25.2 Å². The number of unbranched alkanes of at least 4 members (excludes halogenated alkanes) is 1. The number of likely N-dealkylation sites (tertiary alicyclic amines) is 1. The summed E-state index contributed by atoms with van der Waals surface area (Å²) < 4.78 is 6.73. The lowest BCUT2D eigenvalue weighted by atomic mass is 9.77. The average molecular weight is 693 g/mol. The summed E-state index contributed by atoms with van der Waals surface area (Å²) in [6.07, 6.45) is 7.60. The summed E-state index contributed by atoms with van der Waals surface area (Å²) >= 11 is 3.60. The van der Waals surface area contributed by atoms with Gasteiger partial charge in [0.05, 0.1) is 15.6 Å². The molecule has 44 heavy (non-hydrogen) atoms. The van der Waals surface area contributed by atoms with Gasteiger partial charge in [-0.1, -0.05) is 38.7 Å². The SMILES string of the molecule is CCCCN1C(=O)[C@@H](CC2(O)CCCCC2)NC(=O)C12CCN(Cc1ccc(Oc3ccc(C(=O)O)cc3)c(Br)c1)CC2.Cl. The van der Waals surface area contributed by atoms with Crippen LogP contribution in [-0.2, 0) is 16.1 Å². The van der Waals surface area contributed by atoms with Crippen molar-refractivity contribution in [1.29, 1.82) is 0 Å². The van der Waals surface area contributed by atoms with Crippen LogP contribution >= 0.6 is 28.3 Å². The highest BCUT2D eigenvalue weighted by Crippen LogP contribution is 2.38. The number of nitrogens with zero attached hydrogens (tertiary/aromatic N) is 2. The zero-order valence-corrected chi connectivity index (χ0v) is 27.6. The number of nitrogens with one attached hydrogen (secondary N) is 1. The normalized spacial score (nSPS) is 21.4. The molecular formula is C33H43BrClN3O6. The fourth-order valence-electron chi connectivity index (χ4n) is 6.80. The minimum Gasteiger partial charge on any atom is -0.478 e. The molecule has 3 aliphatic rings. The van der Waals surface area contributed by atoms with Crippen molar-refractivity contribution in [3.8, 4) is 11.5 Å². The first-order chi connectivity index (χ1) is 20.6. The molecule has 2 amide bonds. The number of carboxylic acid groups (broad SMARTS) is 1. The Hall–Kier alpha value is -2.66. The number of carboxylic acids is 1. The Kier molecular flexibility index (Phi) is 11.4. The van der Waals surface area contributed by atoms with Crippen LogP contribution in [0.2, 0.25) is 0 Å². The van der Waals surface area contributed by atoms with E-state index in [4.69, 9.17) is 9.84 Å². The van der Waals surface area contributed by atoms with Crippen molar-refractivity contribution < 1.29 is 29.3 Å². The lowest BCUT2D eigenvalue weighted by molar-refractivity contribution is -0.163. The zero-order chi connectivity index (χ0) is 30.6. The molecule has 5 rings (SSSR count). The molecule has 2 saturated heterocycles. The van der Waals surface area contributed by atoms with E-state index in [2.05, 4.69) is 33.1 Å². The van der Waals surface area contributed by atoms with E-state index in [1.807, 2.05) is 23.1 Å². The molecule has 2 aromatic rings. The second kappa shape index (κ2) is 14.6. The molecule has 11 heteroatoms. The van der Waals surface area contributed by atoms with E-state index in [0.29, 0.717) is 69.8 Å². The third kappa shape index (κ3) is 7.58. The molecule has 9 nitrogen and oxygen atoms in total. The molecule has 1 saturated carbocycles. The molecule has 1 spiro atoms. The minimum absolute atomic E-state index is 0. The first-order valence-electron chi connectivity index (χ1n) is 15.5. The van der Waals surface area contributed by atoms with Gasteiger partial charge in [0.1, 0.15) is 23.1 Å². The highest BCUT2D eigenvalue weighted by Gasteiger charge is 2.54. The molecule has 2 aromatic carbocycles. The number of ether oxygens (including phenoxy) is 1. The maximum Gasteiger partial charge on any atom is 0.335 e. The lowest BCUT2D eigenvalue weighted by Crippen LogP contribution is -2.73. The van der Waals surface area contributed by atoms with Gasteiger partial charge in [-0.3, -0.25) is 14.5 Å². The molecule has 0 aromatic heterocycles. The van der Waals surface area contributed by atoms with Gasteiger partial charge in [-0.05, 0) is 90.0 Å². The first kappa shape index (κ1) is 34.2. The fraction of sp³-hybridized carbons (Fsp3) is 0.545. The second-order valence-corrected chi connectivity index (χ2v) is 13.2. The average Bonchev–Trinajstić information content (AvgIpc) is 2.99. The maximum atomic E-state index is 13.8. The number of aromatic carboxylic acids is 1. The van der Waals surface area contributed by atoms with Crippen LogP contribution in [0.1, 0.15) is 87.1 Å². The van der Waals surface area contributed by atoms with E-state index in [9.17, 15) is 19.5 Å². The van der Waals surface area contributed by atoms with Crippen LogP contribution in [0, 0.1) is 0 Å². The van der Waals surface area contributed by atoms with Crippen molar-refractivity contribution in [2.75, 3.05) is 19.6 Å². The number of piperidine rings is 1. The number of aliphatic hydroxyl groups is 1. The number of carbonyl (C=O) groups excluding carboxylic acids is 2. The summed E-state index contributed by atoms with van der Waals surface area (Å²) in [5, 5.41) is 23.3. The van der Waals surface area contributed by atoms with Crippen molar-refractivity contribution >= 4 is 46.1 Å². The Bertz CT molecular complexity index is 1330. The summed E-state index contributed by atoms with van der Waals surface area (Å²) in [6, 6.07) is 11.5. The van der Waals surface area contributed by atoms with Crippen molar-refractivity contribution in [3.05, 3.63) is 58.1 Å². The van der Waals surface area contributed by atoms with Gasteiger partial charge in [-0.15, -0.1) is 12.4 Å². The Labute approximate surface area is 273 Å². The van der Waals surface area contributed by atoms with Crippen LogP contribution in [0.25, 0.3) is 0 Å². The molecular weight excluding hydrogens is 650 g/mol. The van der Waals surface area contributed by atoms with E-state index < -0.39 is 23.2 Å². The Morgan fingerprint density at radius 1 is 1.05 bits per heavy atom. The van der Waals surface area contributed by atoms with E-state index in [-0.39, 0.29) is 29.8 Å². The van der Waals surface area contributed by atoms with Crippen LogP contribution in [0.5, 0.6) is 11.5 Å². The second-order valence-electron chi connectivity index (χ2n) is 12.4. The predicted octanol–water partition coefficient (Wildman–Crippen LogP) is 5.91. The minimum atomic E-state index is -0.983. The van der Waals surface area contributed by atoms with Crippen LogP contribution in [-0.4, -0.2) is 74.6 Å². The van der Waals surface area contributed by atoms with Gasteiger partial charge in [-0.2, -0.15) is 0 Å². The number of hydrogen-bond donors (Lipinski definition) is 3. The van der Waals surface area contributed by atoms with Crippen molar-refractivity contribution in [2.45, 2.75) is 94.9 Å². The van der Waals surface area contributed by atoms with E-state index in [1.165, 1.54) is 12.1 Å². The van der Waals surface area contributed by atoms with E-state index >= 15 is 0 Å². The van der Waals surface area contributed by atoms with Crippen molar-refractivity contribution in [2.24, 2.45) is 0 Å². The van der Waals surface area contributed by atoms with Crippen LogP contribution in [0.15, 0.2) is 46.9 Å². The third-order valence-corrected chi connectivity index (χ3v) is 9.95. The molecule has 0 unspecified atom stereocenters. The smallest absolute Gasteiger partial charge is 0.335 e. The molecule has 0 radical (unpaired) electrons. The first-order valence-corrected chi connectivity index (χ1v) is 16.3. The van der Waals surface area contributed by atoms with Gasteiger partial charge in [-0.25, -0.2) is 4.79 Å². The largest absolute Gasteiger partial charge is 0.478 e. The fourth-order valence-corrected chi connectivity index (χ4v) is 7.31. The summed E-state index contributed by atoms with van der Waals surface area (Å²) in [7, 11) is 0. The number of rotatable bonds is 10. The Morgan fingerprint density at radius 2 is 1.73 bits per heavy atom. The molecule has 1 atom stereocenters. The van der Waals surface area contributed by atoms with Gasteiger partial charge in [0.25, 0.3) is 0 Å². The van der Waals surface area contributed by atoms with E-state index in [0.717, 1.165) is 42.1 Å². The Balaban J connectivity index is 0.00000442. The number of amides is 2. The number of piperazine rings is 1. The molecule has 3 N–H and O–H groups in total. The van der Waals surface area contributed by atoms with Crippen LogP contribution in [0.3, 0.4) is 0 Å². The summed E-state index contributed by atoms with van der Waals surface area (Å²) in [5.74, 6) is 0.0674. The molecule has 3 fully saturated rings. The topological polar surface area (TPSA) is 119 Å². The van der Waals surface area contributed by atoms with Crippen molar-refractivity contribution in [1.82, 2.24) is 15.1 Å². The van der Waals surface area contributed by atoms with Gasteiger partial charge >= 0.3 is 5.97 Å². The van der Waals surface area contributed by atoms with Crippen molar-refractivity contribution in [3.63, 3.8) is 0 Å². The molecule has 1 aliphatic carbocycles. The third-order valence-electron chi connectivity index (χ3n) is 9.33. The zero-order valence-electron chi connectivity index (χ0n) is 25.2. The molecule has 240 valence electrons. The number of hydrogen-bond acceptors (Lipinski definition) is 6. The number of halogens is 2. The van der Waals surface area contributed by atoms with Gasteiger partial charge in [0, 0.05) is 32.6 Å². The number of carbonyl (C=O) groups is 3. The van der Waals surface area contributed by atoms with Crippen LogP contribution in [0.4, 0.5) is 0 Å². The van der Waals surface area contributed by atoms with Gasteiger partial charge in [0.15, 0.2) is 0 Å². The van der Waals surface area contributed by atoms with Crippen LogP contribution < -0.4 is 10.1 Å². The molecule has 2 aliphatic heterocycles. The lowest BCUT2D eigenvalue weighted by Gasteiger charge is -2.52. The monoisotopic (exact) mass is 691 g/mol. The number of benzene rings is 2. The summed E-state index contributed by atoms with van der Waals surface area (Å²) in [6.45, 7) is 4.72. The predicted molar refractivity (Wildman–Crippen MR) is 173 cm³/mol.